The minimum absolute atomic E-state index is 0.0132. The third-order valence-electron chi connectivity index (χ3n) is 22.4. The van der Waals surface area contributed by atoms with Crippen LogP contribution in [0.1, 0.15) is 157 Å². The van der Waals surface area contributed by atoms with E-state index >= 15 is 0 Å². The Morgan fingerprint density at radius 1 is 0.375 bits per heavy atom. The molecule has 6 bridgehead atoms. The molecule has 0 radical (unpaired) electrons. The number of amides is 6. The lowest BCUT2D eigenvalue weighted by Crippen LogP contribution is -2.62. The molecule has 0 saturated carbocycles. The van der Waals surface area contributed by atoms with E-state index in [0.29, 0.717) is 43.2 Å². The van der Waals surface area contributed by atoms with Gasteiger partial charge in [-0.25, -0.2) is 26.3 Å². The summed E-state index contributed by atoms with van der Waals surface area (Å²) in [6.45, 7) is 11.9. The standard InChI is InChI=1S/C30H32F2N4O4.C29H30F2N4O5.C28H28F2N4O6/c1-18-11-20(3)36-17-34(14-19(18)2)30(39)26-28(40-16-21-7-5-4-6-8-21)27(37)24(15-35(26)36)29(38)33-13-22-9-10-23(31)12-25(22)32;1-17-10-18(2)35-16-33(14-24(17)36)29(39)25-27(40-15-19-6-4-3-5-7-19)26(37)22(13-34(25)35)28(38)32-12-20-8-9-21(30)11-23(20)31;1-16-9-22(35)23(36)13-32-15-34(16)33-12-20(27(38)31-11-18-7-8-19(29)10-21(18)30)25(37)26(24(33)28(32)39)40-14-17-5-3-2-4-6-17/h4-10,12,15,18-20H,11,13-14,16-17H2,1-3H3,(H,33,38);3-9,11,13,17-18,24,36H,10,12,14-16H2,1-2H3,(H,32,38);2-8,10,12,16,22-23,35-36H,9,11,13-15H2,1H3,(H,31,38)/t18-,19+,20+;17-,18+,24+;16-,22+,23-/m001/s1. The topological polar surface area (TPSA) is 312 Å². The lowest BCUT2D eigenvalue weighted by Gasteiger charge is -2.47. The third kappa shape index (κ3) is 18.6. The summed E-state index contributed by atoms with van der Waals surface area (Å²) in [6, 6.07) is 35.6. The van der Waals surface area contributed by atoms with Crippen LogP contribution in [0.15, 0.2) is 179 Å². The Hall–Kier alpha value is -12.8. The summed E-state index contributed by atoms with van der Waals surface area (Å²) >= 11 is 0. The first-order chi connectivity index (χ1) is 57.4. The summed E-state index contributed by atoms with van der Waals surface area (Å²) in [6.07, 6.45) is 2.47. The van der Waals surface area contributed by atoms with Crippen molar-refractivity contribution in [3.63, 3.8) is 0 Å². The number of carbonyl (C=O) groups is 6. The normalized spacial score (nSPS) is 20.4. The number of aromatic nitrogens is 3. The fourth-order valence-electron chi connectivity index (χ4n) is 15.3. The number of halogens is 6. The van der Waals surface area contributed by atoms with E-state index in [-0.39, 0.29) is 170 Å². The maximum atomic E-state index is 14.2. The molecule has 120 heavy (non-hydrogen) atoms. The number of rotatable bonds is 18. The van der Waals surface area contributed by atoms with Crippen LogP contribution in [0, 0.1) is 52.7 Å². The molecule has 15 rings (SSSR count). The number of nitrogens with one attached hydrogen (secondary N) is 3. The minimum atomic E-state index is -1.18. The van der Waals surface area contributed by atoms with Crippen molar-refractivity contribution >= 4 is 35.4 Å². The van der Waals surface area contributed by atoms with Crippen LogP contribution in [-0.4, -0.2) is 156 Å². The summed E-state index contributed by atoms with van der Waals surface area (Å²) in [5.41, 5.74) is -0.982. The molecule has 6 N–H and O–H groups in total. The molecule has 6 aliphatic rings. The number of carbonyl (C=O) groups excluding carboxylic acids is 6. The summed E-state index contributed by atoms with van der Waals surface area (Å²) in [5, 5.41) is 44.5. The van der Waals surface area contributed by atoms with Crippen molar-refractivity contribution < 1.29 is 84.6 Å². The van der Waals surface area contributed by atoms with Crippen molar-refractivity contribution in [3.8, 4) is 17.2 Å². The van der Waals surface area contributed by atoms with Crippen LogP contribution in [0.25, 0.3) is 0 Å². The van der Waals surface area contributed by atoms with Gasteiger partial charge >= 0.3 is 0 Å². The smallest absolute Gasteiger partial charge is 0.277 e. The van der Waals surface area contributed by atoms with Gasteiger partial charge in [-0.3, -0.25) is 72.2 Å². The molecule has 27 nitrogen and oxygen atoms in total. The molecule has 9 aromatic rings. The maximum absolute atomic E-state index is 14.2. The molecule has 9 atom stereocenters. The Labute approximate surface area is 685 Å². The lowest BCUT2D eigenvalue weighted by molar-refractivity contribution is -0.0212. The quantitative estimate of drug-likeness (QED) is 0.0440. The number of aliphatic hydroxyl groups excluding tert-OH is 3. The van der Waals surface area contributed by atoms with Gasteiger partial charge < -0.3 is 60.2 Å². The Morgan fingerprint density at radius 2 is 0.675 bits per heavy atom. The molecular weight excluding hydrogens is 1570 g/mol. The van der Waals surface area contributed by atoms with Gasteiger partial charge in [0.1, 0.15) is 91.4 Å². The second-order valence-corrected chi connectivity index (χ2v) is 31.0. The zero-order chi connectivity index (χ0) is 85.7. The van der Waals surface area contributed by atoms with Crippen molar-refractivity contribution in [2.75, 3.05) is 54.7 Å². The number of pyridine rings is 3. The van der Waals surface area contributed by atoms with Gasteiger partial charge in [0.05, 0.1) is 24.9 Å². The van der Waals surface area contributed by atoms with E-state index in [9.17, 15) is 84.8 Å². The van der Waals surface area contributed by atoms with Gasteiger partial charge in [0.25, 0.3) is 35.4 Å². The number of nitrogens with zero attached hydrogens (tertiary/aromatic N) is 9. The van der Waals surface area contributed by atoms with Gasteiger partial charge in [-0.15, -0.1) is 0 Å². The molecule has 0 aliphatic carbocycles. The van der Waals surface area contributed by atoms with Crippen LogP contribution in [-0.2, 0) is 39.5 Å². The predicted octanol–water partition coefficient (Wildman–Crippen LogP) is 8.33. The van der Waals surface area contributed by atoms with Crippen LogP contribution in [0.4, 0.5) is 26.3 Å². The lowest BCUT2D eigenvalue weighted by atomic mass is 9.88. The van der Waals surface area contributed by atoms with Crippen molar-refractivity contribution in [3.05, 3.63) is 297 Å². The first kappa shape index (κ1) is 85.1. The highest BCUT2D eigenvalue weighted by Gasteiger charge is 2.45. The van der Waals surface area contributed by atoms with Gasteiger partial charge in [-0.2, -0.15) is 0 Å². The van der Waals surface area contributed by atoms with Crippen molar-refractivity contribution in [1.29, 1.82) is 0 Å². The first-order valence-electron chi connectivity index (χ1n) is 39.2. The van der Waals surface area contributed by atoms with E-state index in [4.69, 9.17) is 14.2 Å². The molecule has 0 unspecified atom stereocenters. The third-order valence-corrected chi connectivity index (χ3v) is 22.4. The largest absolute Gasteiger partial charge is 0.482 e. The maximum Gasteiger partial charge on any atom is 0.277 e. The average Bonchev–Trinajstić information content (AvgIpc) is 0.750. The molecular formula is C87H90F6N12O15. The highest BCUT2D eigenvalue weighted by molar-refractivity contribution is 6.02. The number of hydrogen-bond donors (Lipinski definition) is 6. The first-order valence-corrected chi connectivity index (χ1v) is 39.2. The highest BCUT2D eigenvalue weighted by atomic mass is 19.2. The van der Waals surface area contributed by atoms with Crippen LogP contribution >= 0.6 is 0 Å². The van der Waals surface area contributed by atoms with E-state index in [2.05, 4.69) is 29.8 Å². The predicted molar refractivity (Wildman–Crippen MR) is 427 cm³/mol. The van der Waals surface area contributed by atoms with Gasteiger partial charge in [-0.1, -0.05) is 130 Å². The summed E-state index contributed by atoms with van der Waals surface area (Å²) < 4.78 is 105. The second kappa shape index (κ2) is 36.6. The SMILES string of the molecule is C[C@@H]1CN2CN([C@H](C)C[C@@H]1C)n1cc(C(=O)NCc3ccc(F)cc3F)c(=O)c(OCc3ccccc3)c1C2=O.C[C@@H]1C[C@H](C)[C@H](O)CN2CN1n1cc(C(=O)NCc3ccc(F)cc3F)c(=O)c(OCc3ccccc3)c1C2=O.C[C@@H]1C[C@H](O)[C@H](O)CN2CN1n1cc(C(=O)NCc3ccc(F)cc3F)c(=O)c(OCc3ccccc3)c1C2=O. The number of ether oxygens (including phenoxy) is 3. The van der Waals surface area contributed by atoms with Crippen molar-refractivity contribution in [1.82, 2.24) is 44.7 Å². The van der Waals surface area contributed by atoms with Gasteiger partial charge in [0.15, 0.2) is 34.3 Å². The fraction of sp³-hybridized carbons (Fsp3) is 0.345. The molecule has 6 aliphatic heterocycles. The molecule has 9 heterocycles. The van der Waals surface area contributed by atoms with E-state index in [1.807, 2.05) is 85.4 Å². The molecule has 0 spiro atoms. The highest BCUT2D eigenvalue weighted by Crippen LogP contribution is 2.34. The van der Waals surface area contributed by atoms with Crippen LogP contribution < -0.4 is 61.5 Å². The molecule has 630 valence electrons. The molecule has 6 amide bonds. The van der Waals surface area contributed by atoms with Gasteiger partial charge in [0, 0.05) is 104 Å². The van der Waals surface area contributed by atoms with Crippen molar-refractivity contribution in [2.45, 2.75) is 137 Å². The molecule has 3 aromatic heterocycles. The van der Waals surface area contributed by atoms with Crippen molar-refractivity contribution in [2.24, 2.45) is 17.8 Å². The Morgan fingerprint density at radius 3 is 1.00 bits per heavy atom. The zero-order valence-corrected chi connectivity index (χ0v) is 66.4. The average molecular weight is 1660 g/mol. The zero-order valence-electron chi connectivity index (χ0n) is 66.4. The monoisotopic (exact) mass is 1660 g/mol. The summed E-state index contributed by atoms with van der Waals surface area (Å²) in [7, 11) is 0. The van der Waals surface area contributed by atoms with Crippen LogP contribution in [0.2, 0.25) is 0 Å². The number of hydrogen-bond acceptors (Lipinski definition) is 18. The van der Waals surface area contributed by atoms with E-state index in [1.165, 1.54) is 55.9 Å². The van der Waals surface area contributed by atoms with Crippen LogP contribution in [0.3, 0.4) is 0 Å². The number of fused-ring (bicyclic) bond motifs is 12. The Balaban J connectivity index is 0.000000156. The molecule has 6 aromatic carbocycles. The fourth-order valence-corrected chi connectivity index (χ4v) is 15.3. The second-order valence-electron chi connectivity index (χ2n) is 31.0. The number of aliphatic hydroxyl groups is 3. The van der Waals surface area contributed by atoms with E-state index in [1.54, 1.807) is 57.9 Å². The molecule has 3 fully saturated rings. The van der Waals surface area contributed by atoms with Gasteiger partial charge in [0.2, 0.25) is 16.3 Å². The summed E-state index contributed by atoms with van der Waals surface area (Å²) in [5.74, 6) is -8.95. The number of benzene rings is 6. The molecule has 33 heteroatoms. The minimum Gasteiger partial charge on any atom is -0.482 e. The van der Waals surface area contributed by atoms with E-state index < -0.39 is 105 Å². The van der Waals surface area contributed by atoms with Crippen LogP contribution in [0.5, 0.6) is 17.2 Å². The summed E-state index contributed by atoms with van der Waals surface area (Å²) in [4.78, 5) is 126. The van der Waals surface area contributed by atoms with E-state index in [0.717, 1.165) is 41.8 Å². The van der Waals surface area contributed by atoms with Gasteiger partial charge in [-0.05, 0) is 92.7 Å². The Bertz CT molecular complexity index is 5020. The Kier molecular flexibility index (Phi) is 26.0. The molecule has 3 saturated heterocycles.